The van der Waals surface area contributed by atoms with Crippen LogP contribution in [0.2, 0.25) is 0 Å². The highest BCUT2D eigenvalue weighted by Crippen LogP contribution is 2.18. The number of carbonyl (C=O) groups excluding carboxylic acids is 1. The van der Waals surface area contributed by atoms with Gasteiger partial charge in [0.05, 0.1) is 18.7 Å². The molecule has 0 aromatic heterocycles. The molecule has 4 heteroatoms. The molecule has 0 saturated heterocycles. The van der Waals surface area contributed by atoms with Crippen molar-refractivity contribution in [3.05, 3.63) is 47.5 Å². The molecule has 1 aromatic rings. The molecule has 1 rings (SSSR count). The molecule has 1 N–H and O–H groups in total. The molecule has 0 saturated carbocycles. The summed E-state index contributed by atoms with van der Waals surface area (Å²) in [5.41, 5.74) is 5.46. The van der Waals surface area contributed by atoms with Crippen LogP contribution in [0.15, 0.2) is 36.4 Å². The molecule has 0 bridgehead atoms. The Balaban J connectivity index is 2.30. The number of carbonyl (C=O) groups is 1. The monoisotopic (exact) mass is 291 g/mol. The molecule has 21 heavy (non-hydrogen) atoms. The Bertz CT molecular complexity index is 454. The lowest BCUT2D eigenvalue weighted by Gasteiger charge is -2.10. The van der Waals surface area contributed by atoms with Crippen LogP contribution < -0.4 is 5.48 Å². The van der Waals surface area contributed by atoms with E-state index in [9.17, 15) is 4.79 Å². The summed E-state index contributed by atoms with van der Waals surface area (Å²) in [6.07, 6.45) is 1.08. The highest BCUT2D eigenvalue weighted by molar-refractivity contribution is 5.89. The van der Waals surface area contributed by atoms with Gasteiger partial charge in [-0.2, -0.15) is 5.48 Å². The largest absolute Gasteiger partial charge is 0.461 e. The fourth-order valence-corrected chi connectivity index (χ4v) is 1.70. The Labute approximate surface area is 127 Å². The quantitative estimate of drug-likeness (QED) is 0.328. The molecule has 0 amide bonds. The Morgan fingerprint density at radius 2 is 2.00 bits per heavy atom. The second-order valence-electron chi connectivity index (χ2n) is 5.21. The number of nitrogens with one attached hydrogen (secondary N) is 1. The Kier molecular flexibility index (Phi) is 7.72. The molecule has 0 aliphatic rings. The first-order valence-electron chi connectivity index (χ1n) is 7.30. The summed E-state index contributed by atoms with van der Waals surface area (Å²) in [5, 5.41) is 0. The van der Waals surface area contributed by atoms with Crippen molar-refractivity contribution in [2.75, 3.05) is 19.8 Å². The van der Waals surface area contributed by atoms with Crippen molar-refractivity contribution in [1.82, 2.24) is 5.48 Å². The maximum atomic E-state index is 11.8. The molecule has 1 aromatic carbocycles. The average Bonchev–Trinajstić information content (AvgIpc) is 2.49. The number of hydroxylamine groups is 1. The van der Waals surface area contributed by atoms with Gasteiger partial charge >= 0.3 is 5.97 Å². The van der Waals surface area contributed by atoms with Gasteiger partial charge in [0.15, 0.2) is 0 Å². The molecule has 0 heterocycles. The van der Waals surface area contributed by atoms with Crippen molar-refractivity contribution in [3.63, 3.8) is 0 Å². The van der Waals surface area contributed by atoms with Crippen molar-refractivity contribution in [2.45, 2.75) is 33.1 Å². The number of ether oxygens (including phenoxy) is 1. The summed E-state index contributed by atoms with van der Waals surface area (Å²) in [4.78, 5) is 16.9. The van der Waals surface area contributed by atoms with Gasteiger partial charge in [0, 0.05) is 0 Å². The van der Waals surface area contributed by atoms with Crippen molar-refractivity contribution in [2.24, 2.45) is 0 Å². The van der Waals surface area contributed by atoms with E-state index in [4.69, 9.17) is 9.57 Å². The van der Waals surface area contributed by atoms with Crippen LogP contribution in [0.4, 0.5) is 0 Å². The highest BCUT2D eigenvalue weighted by Gasteiger charge is 2.08. The molecule has 0 spiro atoms. The van der Waals surface area contributed by atoms with Gasteiger partial charge < -0.3 is 4.74 Å². The molecule has 0 fully saturated rings. The predicted octanol–water partition coefficient (Wildman–Crippen LogP) is 3.45. The van der Waals surface area contributed by atoms with Crippen LogP contribution in [-0.2, 0) is 9.57 Å². The summed E-state index contributed by atoms with van der Waals surface area (Å²) in [6, 6.07) is 7.60. The van der Waals surface area contributed by atoms with Crippen LogP contribution >= 0.6 is 0 Å². The van der Waals surface area contributed by atoms with Gasteiger partial charge in [-0.15, -0.1) is 0 Å². The van der Waals surface area contributed by atoms with Crippen LogP contribution in [0.1, 0.15) is 49.0 Å². The minimum atomic E-state index is -0.313. The molecular weight excluding hydrogens is 266 g/mol. The zero-order valence-electron chi connectivity index (χ0n) is 13.1. The minimum absolute atomic E-state index is 0.266. The third kappa shape index (κ3) is 6.56. The molecular formula is C17H25NO3. The molecule has 0 aliphatic carbocycles. The zero-order valence-corrected chi connectivity index (χ0v) is 13.1. The SMILES string of the molecule is C=C(C)CONCCOC(=O)c1ccc(C(C)CC)cc1. The smallest absolute Gasteiger partial charge is 0.338 e. The first-order valence-corrected chi connectivity index (χ1v) is 7.30. The van der Waals surface area contributed by atoms with Crippen LogP contribution in [0.5, 0.6) is 0 Å². The summed E-state index contributed by atoms with van der Waals surface area (Å²) in [6.45, 7) is 11.1. The normalized spacial score (nSPS) is 12.0. The van der Waals surface area contributed by atoms with E-state index in [-0.39, 0.29) is 12.6 Å². The van der Waals surface area contributed by atoms with Crippen molar-refractivity contribution in [1.29, 1.82) is 0 Å². The summed E-state index contributed by atoms with van der Waals surface area (Å²) < 4.78 is 5.16. The van der Waals surface area contributed by atoms with Gasteiger partial charge in [-0.1, -0.05) is 38.1 Å². The Hall–Kier alpha value is -1.65. The topological polar surface area (TPSA) is 47.6 Å². The second-order valence-corrected chi connectivity index (χ2v) is 5.21. The lowest BCUT2D eigenvalue weighted by molar-refractivity contribution is 0.0278. The number of hydrogen-bond acceptors (Lipinski definition) is 4. The minimum Gasteiger partial charge on any atom is -0.461 e. The molecule has 0 radical (unpaired) electrons. The summed E-state index contributed by atoms with van der Waals surface area (Å²) in [7, 11) is 0. The fourth-order valence-electron chi connectivity index (χ4n) is 1.70. The third-order valence-electron chi connectivity index (χ3n) is 3.19. The van der Waals surface area contributed by atoms with E-state index >= 15 is 0 Å². The van der Waals surface area contributed by atoms with E-state index < -0.39 is 0 Å². The molecule has 4 nitrogen and oxygen atoms in total. The van der Waals surface area contributed by atoms with E-state index in [1.54, 1.807) is 0 Å². The lowest BCUT2D eigenvalue weighted by Crippen LogP contribution is -2.22. The second kappa shape index (κ2) is 9.32. The summed E-state index contributed by atoms with van der Waals surface area (Å²) >= 11 is 0. The fraction of sp³-hybridized carbons (Fsp3) is 0.471. The standard InChI is InChI=1S/C17H25NO3/c1-5-14(4)15-6-8-16(9-7-15)17(19)20-11-10-18-21-12-13(2)3/h6-9,14,18H,2,5,10-12H2,1,3-4H3. The first-order chi connectivity index (χ1) is 10.0. The Morgan fingerprint density at radius 1 is 1.33 bits per heavy atom. The van der Waals surface area contributed by atoms with E-state index in [0.717, 1.165) is 12.0 Å². The number of esters is 1. The lowest BCUT2D eigenvalue weighted by atomic mass is 9.98. The van der Waals surface area contributed by atoms with Gasteiger partial charge in [0.2, 0.25) is 0 Å². The third-order valence-corrected chi connectivity index (χ3v) is 3.19. The van der Waals surface area contributed by atoms with E-state index in [0.29, 0.717) is 24.6 Å². The van der Waals surface area contributed by atoms with Crippen molar-refractivity contribution >= 4 is 5.97 Å². The molecule has 116 valence electrons. The van der Waals surface area contributed by atoms with Crippen LogP contribution in [-0.4, -0.2) is 25.7 Å². The molecule has 0 aliphatic heterocycles. The van der Waals surface area contributed by atoms with E-state index in [1.807, 2.05) is 31.2 Å². The molecule has 1 unspecified atom stereocenters. The Morgan fingerprint density at radius 3 is 2.57 bits per heavy atom. The van der Waals surface area contributed by atoms with Gasteiger partial charge in [-0.25, -0.2) is 4.79 Å². The van der Waals surface area contributed by atoms with Crippen LogP contribution in [0.25, 0.3) is 0 Å². The van der Waals surface area contributed by atoms with Crippen molar-refractivity contribution < 1.29 is 14.4 Å². The molecule has 1 atom stereocenters. The van der Waals surface area contributed by atoms with Gasteiger partial charge in [-0.05, 0) is 37.0 Å². The number of rotatable bonds is 9. The van der Waals surface area contributed by atoms with Gasteiger partial charge in [0.1, 0.15) is 6.61 Å². The zero-order chi connectivity index (χ0) is 15.7. The highest BCUT2D eigenvalue weighted by atomic mass is 16.6. The maximum Gasteiger partial charge on any atom is 0.338 e. The van der Waals surface area contributed by atoms with Crippen molar-refractivity contribution in [3.8, 4) is 0 Å². The maximum absolute atomic E-state index is 11.8. The first kappa shape index (κ1) is 17.4. The van der Waals surface area contributed by atoms with Crippen LogP contribution in [0, 0.1) is 0 Å². The van der Waals surface area contributed by atoms with Gasteiger partial charge in [0.25, 0.3) is 0 Å². The number of hydrogen-bond donors (Lipinski definition) is 1. The average molecular weight is 291 g/mol. The van der Waals surface area contributed by atoms with Gasteiger partial charge in [-0.3, -0.25) is 4.84 Å². The van der Waals surface area contributed by atoms with E-state index in [1.165, 1.54) is 5.56 Å². The summed E-state index contributed by atoms with van der Waals surface area (Å²) in [5.74, 6) is 0.192. The predicted molar refractivity (Wildman–Crippen MR) is 84.2 cm³/mol. The van der Waals surface area contributed by atoms with E-state index in [2.05, 4.69) is 25.9 Å². The number of benzene rings is 1. The van der Waals surface area contributed by atoms with Crippen LogP contribution in [0.3, 0.4) is 0 Å².